The summed E-state index contributed by atoms with van der Waals surface area (Å²) in [5.41, 5.74) is 0. The van der Waals surface area contributed by atoms with Crippen LogP contribution in [0.4, 0.5) is 4.79 Å². The molecule has 6 heteroatoms. The Balaban J connectivity index is 1.39. The van der Waals surface area contributed by atoms with Crippen LogP contribution in [-0.4, -0.2) is 92.7 Å². The monoisotopic (exact) mass is 339 g/mol. The lowest BCUT2D eigenvalue weighted by Crippen LogP contribution is -2.46. The molecule has 0 saturated carbocycles. The van der Waals surface area contributed by atoms with E-state index in [2.05, 4.69) is 32.3 Å². The van der Waals surface area contributed by atoms with E-state index in [1.54, 1.807) is 0 Å². The number of piperidine rings is 1. The van der Waals surface area contributed by atoms with Gasteiger partial charge >= 0.3 is 6.03 Å². The third-order valence-electron chi connectivity index (χ3n) is 5.26. The molecular formula is C18H37N5O. The molecule has 0 unspecified atom stereocenters. The Morgan fingerprint density at radius 1 is 0.750 bits per heavy atom. The van der Waals surface area contributed by atoms with Gasteiger partial charge < -0.3 is 25.3 Å². The van der Waals surface area contributed by atoms with Crippen LogP contribution in [0.3, 0.4) is 0 Å². The Labute approximate surface area is 147 Å². The van der Waals surface area contributed by atoms with Gasteiger partial charge in [-0.1, -0.05) is 13.3 Å². The second-order valence-electron chi connectivity index (χ2n) is 7.07. The molecule has 0 spiro atoms. The van der Waals surface area contributed by atoms with E-state index in [0.717, 1.165) is 32.6 Å². The standard InChI is InChI=1S/C18H37N5O/c1-2-21-14-16-23(17-15-21)12-7-4-8-19-18(24)20-9-13-22-10-5-3-6-11-22/h2-17H2,1H3,(H2,19,20,24). The highest BCUT2D eigenvalue weighted by molar-refractivity contribution is 5.73. The smallest absolute Gasteiger partial charge is 0.314 e. The van der Waals surface area contributed by atoms with E-state index in [1.807, 2.05) is 0 Å². The van der Waals surface area contributed by atoms with Crippen molar-refractivity contribution < 1.29 is 4.79 Å². The molecule has 0 aromatic carbocycles. The van der Waals surface area contributed by atoms with Crippen molar-refractivity contribution in [1.29, 1.82) is 0 Å². The van der Waals surface area contributed by atoms with Crippen LogP contribution in [0.15, 0.2) is 0 Å². The Bertz CT molecular complexity index is 338. The lowest BCUT2D eigenvalue weighted by atomic mass is 10.1. The zero-order valence-corrected chi connectivity index (χ0v) is 15.6. The SMILES string of the molecule is CCN1CCN(CCCCNC(=O)NCCN2CCCCC2)CC1. The Morgan fingerprint density at radius 3 is 2.08 bits per heavy atom. The minimum atomic E-state index is -0.0106. The highest BCUT2D eigenvalue weighted by Crippen LogP contribution is 2.07. The zero-order chi connectivity index (χ0) is 17.0. The van der Waals surface area contributed by atoms with E-state index in [0.29, 0.717) is 0 Å². The highest BCUT2D eigenvalue weighted by atomic mass is 16.2. The number of unbranched alkanes of at least 4 members (excludes halogenated alkanes) is 1. The first kappa shape index (κ1) is 19.5. The fourth-order valence-corrected chi connectivity index (χ4v) is 3.56. The third kappa shape index (κ3) is 7.81. The molecule has 2 aliphatic rings. The average molecular weight is 340 g/mol. The second-order valence-corrected chi connectivity index (χ2v) is 7.07. The van der Waals surface area contributed by atoms with Gasteiger partial charge in [-0.2, -0.15) is 0 Å². The van der Waals surface area contributed by atoms with Gasteiger partial charge in [0.1, 0.15) is 0 Å². The maximum absolute atomic E-state index is 11.8. The van der Waals surface area contributed by atoms with Crippen molar-refractivity contribution in [3.8, 4) is 0 Å². The molecule has 2 rings (SSSR count). The summed E-state index contributed by atoms with van der Waals surface area (Å²) in [5, 5.41) is 5.95. The van der Waals surface area contributed by atoms with Crippen LogP contribution in [0, 0.1) is 0 Å². The molecule has 0 aromatic rings. The van der Waals surface area contributed by atoms with Crippen molar-refractivity contribution >= 4 is 6.03 Å². The van der Waals surface area contributed by atoms with Gasteiger partial charge in [0.15, 0.2) is 0 Å². The summed E-state index contributed by atoms with van der Waals surface area (Å²) < 4.78 is 0. The number of nitrogens with zero attached hydrogens (tertiary/aromatic N) is 3. The van der Waals surface area contributed by atoms with Crippen LogP contribution in [0.2, 0.25) is 0 Å². The minimum absolute atomic E-state index is 0.0106. The number of urea groups is 1. The summed E-state index contributed by atoms with van der Waals surface area (Å²) in [5.74, 6) is 0. The molecule has 2 aliphatic heterocycles. The van der Waals surface area contributed by atoms with Gasteiger partial charge in [0.2, 0.25) is 0 Å². The summed E-state index contributed by atoms with van der Waals surface area (Å²) in [4.78, 5) is 19.3. The number of likely N-dealkylation sites (tertiary alicyclic amines) is 1. The summed E-state index contributed by atoms with van der Waals surface area (Å²) >= 11 is 0. The molecule has 2 amide bonds. The Hall–Kier alpha value is -0.850. The number of nitrogens with one attached hydrogen (secondary N) is 2. The molecule has 6 nitrogen and oxygen atoms in total. The number of carbonyl (C=O) groups is 1. The normalized spacial score (nSPS) is 20.9. The number of piperazine rings is 1. The molecule has 2 heterocycles. The molecule has 24 heavy (non-hydrogen) atoms. The number of likely N-dealkylation sites (N-methyl/N-ethyl adjacent to an activating group) is 1. The molecule has 0 aliphatic carbocycles. The summed E-state index contributed by atoms with van der Waals surface area (Å²) in [7, 11) is 0. The maximum atomic E-state index is 11.8. The second kappa shape index (κ2) is 11.7. The first-order valence-corrected chi connectivity index (χ1v) is 9.96. The van der Waals surface area contributed by atoms with Crippen LogP contribution in [0.5, 0.6) is 0 Å². The van der Waals surface area contributed by atoms with Crippen LogP contribution >= 0.6 is 0 Å². The van der Waals surface area contributed by atoms with Crippen molar-refractivity contribution in [3.05, 3.63) is 0 Å². The van der Waals surface area contributed by atoms with E-state index in [4.69, 9.17) is 0 Å². The predicted molar refractivity (Wildman–Crippen MR) is 99.5 cm³/mol. The topological polar surface area (TPSA) is 50.9 Å². The van der Waals surface area contributed by atoms with Crippen molar-refractivity contribution in [2.75, 3.05) is 72.0 Å². The Morgan fingerprint density at radius 2 is 1.38 bits per heavy atom. The minimum Gasteiger partial charge on any atom is -0.338 e. The third-order valence-corrected chi connectivity index (χ3v) is 5.26. The van der Waals surface area contributed by atoms with Crippen LogP contribution in [0.25, 0.3) is 0 Å². The van der Waals surface area contributed by atoms with Crippen molar-refractivity contribution in [2.45, 2.75) is 39.0 Å². The number of amides is 2. The first-order valence-electron chi connectivity index (χ1n) is 9.96. The molecule has 0 atom stereocenters. The fraction of sp³-hybridized carbons (Fsp3) is 0.944. The van der Waals surface area contributed by atoms with Crippen molar-refractivity contribution in [3.63, 3.8) is 0 Å². The number of hydrogen-bond acceptors (Lipinski definition) is 4. The predicted octanol–water partition coefficient (Wildman–Crippen LogP) is 1.19. The van der Waals surface area contributed by atoms with Gasteiger partial charge in [-0.3, -0.25) is 0 Å². The van der Waals surface area contributed by atoms with E-state index >= 15 is 0 Å². The van der Waals surface area contributed by atoms with E-state index in [-0.39, 0.29) is 6.03 Å². The number of rotatable bonds is 9. The molecule has 0 radical (unpaired) electrons. The summed E-state index contributed by atoms with van der Waals surface area (Å²) in [6, 6.07) is -0.0106. The molecule has 0 aromatic heterocycles. The van der Waals surface area contributed by atoms with Gasteiger partial charge in [0.25, 0.3) is 0 Å². The fourth-order valence-electron chi connectivity index (χ4n) is 3.56. The molecule has 2 fully saturated rings. The first-order chi connectivity index (χ1) is 11.8. The highest BCUT2D eigenvalue weighted by Gasteiger charge is 2.14. The number of carbonyl (C=O) groups excluding carboxylic acids is 1. The largest absolute Gasteiger partial charge is 0.338 e. The summed E-state index contributed by atoms with van der Waals surface area (Å²) in [6.45, 7) is 14.3. The molecule has 2 N–H and O–H groups in total. The molecule has 2 saturated heterocycles. The maximum Gasteiger partial charge on any atom is 0.314 e. The van der Waals surface area contributed by atoms with Gasteiger partial charge in [-0.25, -0.2) is 4.79 Å². The van der Waals surface area contributed by atoms with E-state index in [9.17, 15) is 4.79 Å². The van der Waals surface area contributed by atoms with Gasteiger partial charge in [0.05, 0.1) is 0 Å². The average Bonchev–Trinajstić information content (AvgIpc) is 2.63. The lowest BCUT2D eigenvalue weighted by Gasteiger charge is -2.33. The van der Waals surface area contributed by atoms with Gasteiger partial charge in [-0.05, 0) is 51.9 Å². The molecular weight excluding hydrogens is 302 g/mol. The Kier molecular flexibility index (Phi) is 9.46. The molecule has 140 valence electrons. The quantitative estimate of drug-likeness (QED) is 0.620. The van der Waals surface area contributed by atoms with Crippen LogP contribution < -0.4 is 10.6 Å². The molecule has 0 bridgehead atoms. The zero-order valence-electron chi connectivity index (χ0n) is 15.6. The van der Waals surface area contributed by atoms with Crippen molar-refractivity contribution in [2.24, 2.45) is 0 Å². The number of hydrogen-bond donors (Lipinski definition) is 2. The lowest BCUT2D eigenvalue weighted by molar-refractivity contribution is 0.135. The van der Waals surface area contributed by atoms with E-state index in [1.165, 1.54) is 71.5 Å². The van der Waals surface area contributed by atoms with Crippen molar-refractivity contribution in [1.82, 2.24) is 25.3 Å². The van der Waals surface area contributed by atoms with Gasteiger partial charge in [0, 0.05) is 45.8 Å². The summed E-state index contributed by atoms with van der Waals surface area (Å²) in [6.07, 6.45) is 6.20. The van der Waals surface area contributed by atoms with Gasteiger partial charge in [-0.15, -0.1) is 0 Å². The van der Waals surface area contributed by atoms with E-state index < -0.39 is 0 Å². The van der Waals surface area contributed by atoms with Crippen LogP contribution in [0.1, 0.15) is 39.0 Å². The van der Waals surface area contributed by atoms with Crippen LogP contribution in [-0.2, 0) is 0 Å².